The van der Waals surface area contributed by atoms with Crippen molar-refractivity contribution in [1.29, 1.82) is 0 Å². The van der Waals surface area contributed by atoms with Crippen molar-refractivity contribution in [1.82, 2.24) is 9.66 Å². The molecule has 4 rings (SSSR count). The van der Waals surface area contributed by atoms with E-state index in [1.54, 1.807) is 24.4 Å². The molecule has 35 heavy (non-hydrogen) atoms. The Bertz CT molecular complexity index is 1320. The summed E-state index contributed by atoms with van der Waals surface area (Å²) in [5.74, 6) is 1.30. The molecule has 182 valence electrons. The van der Waals surface area contributed by atoms with Gasteiger partial charge in [-0.15, -0.1) is 6.58 Å². The van der Waals surface area contributed by atoms with Gasteiger partial charge in [0.05, 0.1) is 23.7 Å². The fraction of sp³-hybridized carbons (Fsp3) is 0.357. The summed E-state index contributed by atoms with van der Waals surface area (Å²) >= 11 is 0. The van der Waals surface area contributed by atoms with Crippen LogP contribution in [0.1, 0.15) is 68.8 Å². The predicted octanol–water partition coefficient (Wildman–Crippen LogP) is 5.38. The molecule has 1 fully saturated rings. The Kier molecular flexibility index (Phi) is 7.75. The lowest BCUT2D eigenvalue weighted by Crippen LogP contribution is -2.25. The Morgan fingerprint density at radius 1 is 1.23 bits per heavy atom. The highest BCUT2D eigenvalue weighted by Gasteiger charge is 2.22. The van der Waals surface area contributed by atoms with Gasteiger partial charge >= 0.3 is 5.97 Å². The van der Waals surface area contributed by atoms with Crippen molar-refractivity contribution in [2.24, 2.45) is 5.10 Å². The van der Waals surface area contributed by atoms with E-state index in [2.05, 4.69) is 11.7 Å². The van der Waals surface area contributed by atoms with E-state index < -0.39 is 5.97 Å². The molecule has 0 atom stereocenters. The number of carbonyl (C=O) groups excluding carboxylic acids is 1. The highest BCUT2D eigenvalue weighted by atomic mass is 16.6. The van der Waals surface area contributed by atoms with Gasteiger partial charge in [0.25, 0.3) is 5.56 Å². The Morgan fingerprint density at radius 3 is 2.71 bits per heavy atom. The first-order valence-electron chi connectivity index (χ1n) is 12.2. The van der Waals surface area contributed by atoms with Gasteiger partial charge in [0.15, 0.2) is 11.5 Å². The minimum Gasteiger partial charge on any atom is -0.490 e. The van der Waals surface area contributed by atoms with Crippen LogP contribution in [0.25, 0.3) is 10.9 Å². The minimum absolute atomic E-state index is 0.180. The topological polar surface area (TPSA) is 82.8 Å². The van der Waals surface area contributed by atoms with Gasteiger partial charge in [-0.05, 0) is 56.0 Å². The molecular weight excluding hydrogens is 442 g/mol. The van der Waals surface area contributed by atoms with Crippen molar-refractivity contribution in [3.05, 3.63) is 76.4 Å². The molecule has 0 bridgehead atoms. The van der Waals surface area contributed by atoms with E-state index in [0.29, 0.717) is 41.3 Å². The Morgan fingerprint density at radius 2 is 2.00 bits per heavy atom. The zero-order valence-corrected chi connectivity index (χ0v) is 20.3. The molecular formula is C28H31N3O4. The van der Waals surface area contributed by atoms with E-state index in [1.165, 1.54) is 18.0 Å². The second kappa shape index (κ2) is 11.1. The minimum atomic E-state index is -0.427. The number of esters is 1. The number of carbonyl (C=O) groups is 1. The van der Waals surface area contributed by atoms with Gasteiger partial charge < -0.3 is 9.47 Å². The van der Waals surface area contributed by atoms with E-state index in [1.807, 2.05) is 31.2 Å². The number of benzene rings is 2. The molecule has 0 aliphatic heterocycles. The predicted molar refractivity (Wildman–Crippen MR) is 138 cm³/mol. The van der Waals surface area contributed by atoms with Gasteiger partial charge in [0.2, 0.25) is 0 Å². The summed E-state index contributed by atoms with van der Waals surface area (Å²) in [6.07, 6.45) is 9.29. The van der Waals surface area contributed by atoms with Crippen LogP contribution in [0, 0.1) is 0 Å². The fourth-order valence-electron chi connectivity index (χ4n) is 4.59. The van der Waals surface area contributed by atoms with Crippen molar-refractivity contribution < 1.29 is 14.3 Å². The number of fused-ring (bicyclic) bond motifs is 1. The average molecular weight is 474 g/mol. The molecule has 1 saturated carbocycles. The summed E-state index contributed by atoms with van der Waals surface area (Å²) in [4.78, 5) is 30.0. The maximum Gasteiger partial charge on any atom is 0.308 e. The Balaban J connectivity index is 1.82. The third kappa shape index (κ3) is 5.50. The third-order valence-corrected chi connectivity index (χ3v) is 6.14. The summed E-state index contributed by atoms with van der Waals surface area (Å²) in [5.41, 5.74) is 1.98. The van der Waals surface area contributed by atoms with E-state index in [-0.39, 0.29) is 11.5 Å². The zero-order chi connectivity index (χ0) is 24.8. The van der Waals surface area contributed by atoms with Crippen LogP contribution in [0.2, 0.25) is 0 Å². The van der Waals surface area contributed by atoms with Crippen LogP contribution in [-0.2, 0) is 11.2 Å². The van der Waals surface area contributed by atoms with Crippen LogP contribution >= 0.6 is 0 Å². The van der Waals surface area contributed by atoms with E-state index in [9.17, 15) is 9.59 Å². The van der Waals surface area contributed by atoms with Gasteiger partial charge in [-0.25, -0.2) is 4.98 Å². The van der Waals surface area contributed by atoms with Crippen molar-refractivity contribution in [2.45, 2.75) is 58.3 Å². The highest BCUT2D eigenvalue weighted by Crippen LogP contribution is 2.34. The van der Waals surface area contributed by atoms with Crippen molar-refractivity contribution in [3.63, 3.8) is 0 Å². The number of ether oxygens (including phenoxy) is 2. The SMILES string of the molecule is C=CCc1cc(C=Nn2c(C3CCCCC3)nc3ccccc3c2=O)cc(OCC)c1OC(C)=O. The number of hydrogen-bond donors (Lipinski definition) is 0. The maximum atomic E-state index is 13.4. The highest BCUT2D eigenvalue weighted by molar-refractivity contribution is 5.83. The van der Waals surface area contributed by atoms with Crippen LogP contribution in [0.3, 0.4) is 0 Å². The summed E-state index contributed by atoms with van der Waals surface area (Å²) < 4.78 is 12.7. The summed E-state index contributed by atoms with van der Waals surface area (Å²) in [5, 5.41) is 5.16. The molecule has 7 heteroatoms. The fourth-order valence-corrected chi connectivity index (χ4v) is 4.59. The van der Waals surface area contributed by atoms with Crippen LogP contribution in [-0.4, -0.2) is 28.5 Å². The lowest BCUT2D eigenvalue weighted by molar-refractivity contribution is -0.132. The number of aromatic nitrogens is 2. The number of rotatable bonds is 8. The molecule has 0 N–H and O–H groups in total. The van der Waals surface area contributed by atoms with Gasteiger partial charge in [0.1, 0.15) is 5.82 Å². The molecule has 3 aromatic rings. The van der Waals surface area contributed by atoms with Crippen molar-refractivity contribution in [3.8, 4) is 11.5 Å². The monoisotopic (exact) mass is 473 g/mol. The lowest BCUT2D eigenvalue weighted by atomic mass is 9.88. The summed E-state index contributed by atoms with van der Waals surface area (Å²) in [6.45, 7) is 7.43. The number of allylic oxidation sites excluding steroid dienone is 1. The molecule has 1 heterocycles. The molecule has 2 aromatic carbocycles. The molecule has 0 radical (unpaired) electrons. The Labute approximate surface area is 205 Å². The molecule has 0 spiro atoms. The molecule has 0 unspecified atom stereocenters. The van der Waals surface area contributed by atoms with E-state index >= 15 is 0 Å². The van der Waals surface area contributed by atoms with Crippen molar-refractivity contribution >= 4 is 23.1 Å². The number of nitrogens with zero attached hydrogens (tertiary/aromatic N) is 3. The number of para-hydroxylation sites is 1. The summed E-state index contributed by atoms with van der Waals surface area (Å²) in [7, 11) is 0. The quantitative estimate of drug-likeness (QED) is 0.190. The van der Waals surface area contributed by atoms with Crippen LogP contribution in [0.15, 0.2) is 58.9 Å². The molecule has 1 aliphatic rings. The molecule has 7 nitrogen and oxygen atoms in total. The first-order valence-corrected chi connectivity index (χ1v) is 12.2. The second-order valence-electron chi connectivity index (χ2n) is 8.71. The van der Waals surface area contributed by atoms with Gasteiger partial charge in [-0.3, -0.25) is 9.59 Å². The van der Waals surface area contributed by atoms with Gasteiger partial charge in [-0.2, -0.15) is 9.78 Å². The average Bonchev–Trinajstić information content (AvgIpc) is 2.86. The maximum absolute atomic E-state index is 13.4. The standard InChI is InChI=1S/C28H31N3O4/c1-4-11-22-16-20(17-25(34-5-2)26(22)35-19(3)32)18-29-31-27(21-12-7-6-8-13-21)30-24-15-10-9-14-23(24)28(31)33/h4,9-10,14-18,21H,1,5-8,11-13H2,2-3H3. The van der Waals surface area contributed by atoms with E-state index in [4.69, 9.17) is 14.5 Å². The van der Waals surface area contributed by atoms with Crippen LogP contribution < -0.4 is 15.0 Å². The molecule has 1 aliphatic carbocycles. The van der Waals surface area contributed by atoms with Gasteiger partial charge in [0, 0.05) is 18.4 Å². The summed E-state index contributed by atoms with van der Waals surface area (Å²) in [6, 6.07) is 11.0. The third-order valence-electron chi connectivity index (χ3n) is 6.14. The first kappa shape index (κ1) is 24.4. The zero-order valence-electron chi connectivity index (χ0n) is 20.3. The Hall–Kier alpha value is -3.74. The van der Waals surface area contributed by atoms with Crippen LogP contribution in [0.5, 0.6) is 11.5 Å². The van der Waals surface area contributed by atoms with E-state index in [0.717, 1.165) is 36.8 Å². The lowest BCUT2D eigenvalue weighted by Gasteiger charge is -2.22. The van der Waals surface area contributed by atoms with Crippen molar-refractivity contribution in [2.75, 3.05) is 6.61 Å². The van der Waals surface area contributed by atoms with Crippen LogP contribution in [0.4, 0.5) is 0 Å². The second-order valence-corrected chi connectivity index (χ2v) is 8.71. The first-order chi connectivity index (χ1) is 17.0. The van der Waals surface area contributed by atoms with Gasteiger partial charge in [-0.1, -0.05) is 37.5 Å². The normalized spacial score (nSPS) is 14.3. The molecule has 0 saturated heterocycles. The smallest absolute Gasteiger partial charge is 0.308 e. The molecule has 0 amide bonds. The number of hydrogen-bond acceptors (Lipinski definition) is 6. The largest absolute Gasteiger partial charge is 0.490 e. The molecule has 1 aromatic heterocycles.